The van der Waals surface area contributed by atoms with Gasteiger partial charge in [-0.15, -0.1) is 0 Å². The molecule has 1 amide bonds. The minimum Gasteiger partial charge on any atom is -0.335 e. The fourth-order valence-electron chi connectivity index (χ4n) is 2.60. The highest BCUT2D eigenvalue weighted by Gasteiger charge is 2.29. The van der Waals surface area contributed by atoms with Crippen LogP contribution in [0.1, 0.15) is 43.5 Å². The van der Waals surface area contributed by atoms with Gasteiger partial charge in [-0.1, -0.05) is 25.4 Å². The molecule has 2 heterocycles. The Balaban J connectivity index is 2.21. The third-order valence-corrected chi connectivity index (χ3v) is 3.76. The Morgan fingerprint density at radius 2 is 2.28 bits per heavy atom. The quantitative estimate of drug-likeness (QED) is 0.769. The number of rotatable bonds is 2. The highest BCUT2D eigenvalue weighted by atomic mass is 35.5. The number of likely N-dealkylation sites (tertiary alicyclic amines) is 1. The molecular formula is C14H19ClN2O. The molecule has 1 aromatic rings. The molecule has 0 saturated carbocycles. The Morgan fingerprint density at radius 1 is 1.50 bits per heavy atom. The Kier molecular flexibility index (Phi) is 4.23. The van der Waals surface area contributed by atoms with E-state index in [1.54, 1.807) is 18.3 Å². The van der Waals surface area contributed by atoms with Crippen molar-refractivity contribution in [1.82, 2.24) is 9.88 Å². The third-order valence-electron chi connectivity index (χ3n) is 3.55. The molecule has 0 unspecified atom stereocenters. The largest absolute Gasteiger partial charge is 0.335 e. The molecular weight excluding hydrogens is 248 g/mol. The monoisotopic (exact) mass is 266 g/mol. The van der Waals surface area contributed by atoms with E-state index in [0.717, 1.165) is 19.4 Å². The van der Waals surface area contributed by atoms with Crippen molar-refractivity contribution in [2.75, 3.05) is 6.54 Å². The number of carbonyl (C=O) groups is 1. The first kappa shape index (κ1) is 13.3. The van der Waals surface area contributed by atoms with Crippen LogP contribution in [0.5, 0.6) is 0 Å². The van der Waals surface area contributed by atoms with Gasteiger partial charge in [0, 0.05) is 24.3 Å². The van der Waals surface area contributed by atoms with Gasteiger partial charge < -0.3 is 4.90 Å². The molecule has 3 nitrogen and oxygen atoms in total. The van der Waals surface area contributed by atoms with Crippen molar-refractivity contribution in [3.05, 3.63) is 29.0 Å². The van der Waals surface area contributed by atoms with E-state index in [0.29, 0.717) is 22.7 Å². The van der Waals surface area contributed by atoms with Gasteiger partial charge in [-0.3, -0.25) is 4.79 Å². The summed E-state index contributed by atoms with van der Waals surface area (Å²) in [6, 6.07) is 3.73. The highest BCUT2D eigenvalue weighted by Crippen LogP contribution is 2.25. The van der Waals surface area contributed by atoms with E-state index in [2.05, 4.69) is 18.8 Å². The number of aromatic nitrogens is 1. The molecule has 0 aliphatic carbocycles. The summed E-state index contributed by atoms with van der Waals surface area (Å²) < 4.78 is 0. The topological polar surface area (TPSA) is 33.2 Å². The average molecular weight is 267 g/mol. The molecule has 1 aromatic heterocycles. The van der Waals surface area contributed by atoms with Gasteiger partial charge in [0.1, 0.15) is 5.15 Å². The predicted molar refractivity (Wildman–Crippen MR) is 72.8 cm³/mol. The number of halogens is 1. The zero-order valence-electron chi connectivity index (χ0n) is 10.9. The second-order valence-electron chi connectivity index (χ2n) is 5.17. The van der Waals surface area contributed by atoms with E-state index in [1.165, 1.54) is 6.42 Å². The molecule has 2 rings (SSSR count). The van der Waals surface area contributed by atoms with Gasteiger partial charge in [-0.2, -0.15) is 0 Å². The molecule has 0 bridgehead atoms. The molecule has 1 atom stereocenters. The molecule has 0 radical (unpaired) electrons. The van der Waals surface area contributed by atoms with Crippen LogP contribution >= 0.6 is 11.6 Å². The average Bonchev–Trinajstić information content (AvgIpc) is 2.38. The molecule has 1 aliphatic heterocycles. The van der Waals surface area contributed by atoms with Crippen LogP contribution in [-0.2, 0) is 0 Å². The van der Waals surface area contributed by atoms with E-state index in [4.69, 9.17) is 11.6 Å². The number of hydrogen-bond acceptors (Lipinski definition) is 2. The normalized spacial score (nSPS) is 20.2. The molecule has 18 heavy (non-hydrogen) atoms. The van der Waals surface area contributed by atoms with Crippen LogP contribution in [0.4, 0.5) is 0 Å². The summed E-state index contributed by atoms with van der Waals surface area (Å²) in [5.74, 6) is 0.573. The maximum absolute atomic E-state index is 12.5. The van der Waals surface area contributed by atoms with E-state index < -0.39 is 0 Å². The number of carbonyl (C=O) groups excluding carboxylic acids is 1. The van der Waals surface area contributed by atoms with Crippen molar-refractivity contribution in [3.63, 3.8) is 0 Å². The van der Waals surface area contributed by atoms with Gasteiger partial charge in [0.2, 0.25) is 0 Å². The molecule has 0 aromatic carbocycles. The maximum atomic E-state index is 12.5. The minimum absolute atomic E-state index is 0.0812. The zero-order valence-corrected chi connectivity index (χ0v) is 11.7. The standard InChI is InChI=1S/C14H19ClN2O/c1-10(2)12-5-3-4-8-17(12)14(18)11-6-7-16-13(15)9-11/h6-7,9-10,12H,3-5,8H2,1-2H3/t12-/m1/s1. The van der Waals surface area contributed by atoms with Crippen LogP contribution in [0.3, 0.4) is 0 Å². The number of piperidine rings is 1. The van der Waals surface area contributed by atoms with Crippen molar-refractivity contribution < 1.29 is 4.79 Å². The Morgan fingerprint density at radius 3 is 2.94 bits per heavy atom. The third kappa shape index (κ3) is 2.83. The van der Waals surface area contributed by atoms with Gasteiger partial charge in [-0.25, -0.2) is 4.98 Å². The van der Waals surface area contributed by atoms with Crippen LogP contribution in [-0.4, -0.2) is 28.4 Å². The number of hydrogen-bond donors (Lipinski definition) is 0. The summed E-state index contributed by atoms with van der Waals surface area (Å²) >= 11 is 5.84. The molecule has 0 spiro atoms. The highest BCUT2D eigenvalue weighted by molar-refractivity contribution is 6.29. The van der Waals surface area contributed by atoms with Gasteiger partial charge in [0.15, 0.2) is 0 Å². The Hall–Kier alpha value is -1.09. The number of amides is 1. The lowest BCUT2D eigenvalue weighted by Gasteiger charge is -2.38. The van der Waals surface area contributed by atoms with E-state index >= 15 is 0 Å². The molecule has 0 N–H and O–H groups in total. The van der Waals surface area contributed by atoms with Gasteiger partial charge in [-0.05, 0) is 37.3 Å². The fourth-order valence-corrected chi connectivity index (χ4v) is 2.78. The smallest absolute Gasteiger partial charge is 0.254 e. The number of pyridine rings is 1. The lowest BCUT2D eigenvalue weighted by atomic mass is 9.92. The number of nitrogens with zero attached hydrogens (tertiary/aromatic N) is 2. The molecule has 4 heteroatoms. The Labute approximate surface area is 113 Å². The van der Waals surface area contributed by atoms with Crippen LogP contribution in [0.15, 0.2) is 18.3 Å². The summed E-state index contributed by atoms with van der Waals surface area (Å²) in [5, 5.41) is 0.374. The van der Waals surface area contributed by atoms with Crippen LogP contribution < -0.4 is 0 Å². The van der Waals surface area contributed by atoms with Crippen molar-refractivity contribution in [2.24, 2.45) is 5.92 Å². The SMILES string of the molecule is CC(C)[C@H]1CCCCN1C(=O)c1ccnc(Cl)c1. The fraction of sp³-hybridized carbons (Fsp3) is 0.571. The second kappa shape index (κ2) is 5.70. The van der Waals surface area contributed by atoms with Crippen LogP contribution in [0.2, 0.25) is 5.15 Å². The molecule has 98 valence electrons. The van der Waals surface area contributed by atoms with Crippen molar-refractivity contribution in [3.8, 4) is 0 Å². The summed E-state index contributed by atoms with van der Waals surface area (Å²) in [7, 11) is 0. The molecule has 1 fully saturated rings. The summed E-state index contributed by atoms with van der Waals surface area (Å²) in [6.45, 7) is 5.20. The predicted octanol–water partition coefficient (Wildman–Crippen LogP) is 3.39. The van der Waals surface area contributed by atoms with Gasteiger partial charge in [0.25, 0.3) is 5.91 Å². The van der Waals surface area contributed by atoms with Gasteiger partial charge >= 0.3 is 0 Å². The van der Waals surface area contributed by atoms with Crippen LogP contribution in [0.25, 0.3) is 0 Å². The lowest BCUT2D eigenvalue weighted by molar-refractivity contribution is 0.0543. The van der Waals surface area contributed by atoms with Gasteiger partial charge in [0.05, 0.1) is 0 Å². The summed E-state index contributed by atoms with van der Waals surface area (Å²) in [5.41, 5.74) is 0.641. The second-order valence-corrected chi connectivity index (χ2v) is 5.56. The van der Waals surface area contributed by atoms with Crippen molar-refractivity contribution in [1.29, 1.82) is 0 Å². The van der Waals surface area contributed by atoms with Crippen molar-refractivity contribution in [2.45, 2.75) is 39.2 Å². The maximum Gasteiger partial charge on any atom is 0.254 e. The first-order chi connectivity index (χ1) is 8.59. The van der Waals surface area contributed by atoms with Crippen LogP contribution in [0, 0.1) is 5.92 Å². The molecule has 1 saturated heterocycles. The summed E-state index contributed by atoms with van der Waals surface area (Å²) in [6.07, 6.45) is 4.99. The lowest BCUT2D eigenvalue weighted by Crippen LogP contribution is -2.46. The first-order valence-corrected chi connectivity index (χ1v) is 6.90. The first-order valence-electron chi connectivity index (χ1n) is 6.52. The van der Waals surface area contributed by atoms with E-state index in [1.807, 2.05) is 4.90 Å². The Bertz CT molecular complexity index is 434. The summed E-state index contributed by atoms with van der Waals surface area (Å²) in [4.78, 5) is 18.4. The minimum atomic E-state index is 0.0812. The van der Waals surface area contributed by atoms with E-state index in [9.17, 15) is 4.79 Å². The zero-order chi connectivity index (χ0) is 13.1. The van der Waals surface area contributed by atoms with Crippen molar-refractivity contribution >= 4 is 17.5 Å². The van der Waals surface area contributed by atoms with E-state index in [-0.39, 0.29) is 5.91 Å². The molecule has 1 aliphatic rings.